The Morgan fingerprint density at radius 2 is 2.00 bits per heavy atom. The molecule has 5 nitrogen and oxygen atoms in total. The molecule has 0 saturated carbocycles. The summed E-state index contributed by atoms with van der Waals surface area (Å²) in [6, 6.07) is 3.52. The highest BCUT2D eigenvalue weighted by Crippen LogP contribution is 2.22. The van der Waals surface area contributed by atoms with Gasteiger partial charge in [-0.3, -0.25) is 0 Å². The molecule has 0 unspecified atom stereocenters. The van der Waals surface area contributed by atoms with E-state index in [2.05, 4.69) is 26.6 Å². The molecular formula is C13H19BrN2O3S. The summed E-state index contributed by atoms with van der Waals surface area (Å²) in [5, 5.41) is 14.5. The first-order chi connectivity index (χ1) is 9.43. The predicted molar refractivity (Wildman–Crippen MR) is 83.2 cm³/mol. The minimum Gasteiger partial charge on any atom is -0.480 e. The Labute approximate surface area is 130 Å². The van der Waals surface area contributed by atoms with Crippen LogP contribution in [-0.2, 0) is 11.2 Å². The molecule has 7 heteroatoms. The molecule has 0 saturated heterocycles. The number of nitrogens with one attached hydrogen (secondary N) is 2. The number of hydrogen-bond donors (Lipinski definition) is 3. The van der Waals surface area contributed by atoms with Crippen LogP contribution in [0.15, 0.2) is 15.9 Å². The summed E-state index contributed by atoms with van der Waals surface area (Å²) in [5.41, 5.74) is -1.18. The number of aliphatic carboxylic acids is 1. The third kappa shape index (κ3) is 4.49. The standard InChI is InChI=1S/C13H19BrN2O3S/c1-3-13(4-2,11(17)18)16-12(19)15-8-7-9-5-6-10(14)20-9/h5-6H,3-4,7-8H2,1-2H3,(H,17,18)(H2,15,16,19). The van der Waals surface area contributed by atoms with Crippen molar-refractivity contribution < 1.29 is 14.7 Å². The molecule has 20 heavy (non-hydrogen) atoms. The molecule has 0 aliphatic heterocycles. The molecule has 0 aliphatic carbocycles. The van der Waals surface area contributed by atoms with E-state index in [1.54, 1.807) is 25.2 Å². The van der Waals surface area contributed by atoms with Gasteiger partial charge in [0.25, 0.3) is 0 Å². The summed E-state index contributed by atoms with van der Waals surface area (Å²) in [6.45, 7) is 3.98. The van der Waals surface area contributed by atoms with Crippen molar-refractivity contribution in [1.29, 1.82) is 0 Å². The predicted octanol–water partition coefficient (Wildman–Crippen LogP) is 3.00. The molecule has 0 fully saturated rings. The number of halogens is 1. The number of carboxylic acids is 1. The highest BCUT2D eigenvalue weighted by Gasteiger charge is 2.36. The van der Waals surface area contributed by atoms with Crippen LogP contribution in [0.4, 0.5) is 4.79 Å². The summed E-state index contributed by atoms with van der Waals surface area (Å²) in [4.78, 5) is 24.2. The van der Waals surface area contributed by atoms with Gasteiger partial charge in [0.2, 0.25) is 0 Å². The zero-order valence-corrected chi connectivity index (χ0v) is 13.9. The van der Waals surface area contributed by atoms with Crippen molar-refractivity contribution in [3.8, 4) is 0 Å². The van der Waals surface area contributed by atoms with E-state index in [0.29, 0.717) is 19.4 Å². The maximum atomic E-state index is 11.8. The molecule has 112 valence electrons. The van der Waals surface area contributed by atoms with Gasteiger partial charge in [0.05, 0.1) is 3.79 Å². The van der Waals surface area contributed by atoms with Gasteiger partial charge in [0, 0.05) is 11.4 Å². The molecule has 0 bridgehead atoms. The molecule has 0 radical (unpaired) electrons. The van der Waals surface area contributed by atoms with Gasteiger partial charge in [-0.1, -0.05) is 13.8 Å². The number of rotatable bonds is 7. The third-order valence-corrected chi connectivity index (χ3v) is 4.94. The monoisotopic (exact) mass is 362 g/mol. The smallest absolute Gasteiger partial charge is 0.329 e. The fourth-order valence-corrected chi connectivity index (χ4v) is 3.31. The summed E-state index contributed by atoms with van der Waals surface area (Å²) >= 11 is 5.00. The van der Waals surface area contributed by atoms with Crippen molar-refractivity contribution in [2.45, 2.75) is 38.6 Å². The number of urea groups is 1. The number of amides is 2. The molecule has 1 aromatic rings. The molecule has 1 heterocycles. The SMILES string of the molecule is CCC(CC)(NC(=O)NCCc1ccc(Br)s1)C(=O)O. The Morgan fingerprint density at radius 3 is 2.45 bits per heavy atom. The van der Waals surface area contributed by atoms with Gasteiger partial charge in [-0.15, -0.1) is 11.3 Å². The second kappa shape index (κ2) is 7.64. The van der Waals surface area contributed by atoms with Crippen LogP contribution in [0, 0.1) is 0 Å². The highest BCUT2D eigenvalue weighted by atomic mass is 79.9. The Kier molecular flexibility index (Phi) is 6.48. The molecule has 3 N–H and O–H groups in total. The van der Waals surface area contributed by atoms with Gasteiger partial charge in [-0.25, -0.2) is 9.59 Å². The largest absolute Gasteiger partial charge is 0.480 e. The molecular weight excluding hydrogens is 344 g/mol. The van der Waals surface area contributed by atoms with E-state index >= 15 is 0 Å². The number of carbonyl (C=O) groups excluding carboxylic acids is 1. The second-order valence-corrected chi connectivity index (χ2v) is 6.98. The molecule has 0 aromatic carbocycles. The average Bonchev–Trinajstić information content (AvgIpc) is 2.81. The van der Waals surface area contributed by atoms with Crippen LogP contribution in [0.1, 0.15) is 31.6 Å². The van der Waals surface area contributed by atoms with Crippen LogP contribution >= 0.6 is 27.3 Å². The lowest BCUT2D eigenvalue weighted by Crippen LogP contribution is -2.56. The van der Waals surface area contributed by atoms with Gasteiger partial charge < -0.3 is 15.7 Å². The van der Waals surface area contributed by atoms with E-state index < -0.39 is 17.5 Å². The van der Waals surface area contributed by atoms with E-state index in [-0.39, 0.29) is 0 Å². The first-order valence-electron chi connectivity index (χ1n) is 6.47. The zero-order chi connectivity index (χ0) is 15.2. The fourth-order valence-electron chi connectivity index (χ4n) is 1.83. The lowest BCUT2D eigenvalue weighted by Gasteiger charge is -2.28. The Morgan fingerprint density at radius 1 is 1.35 bits per heavy atom. The van der Waals surface area contributed by atoms with Crippen molar-refractivity contribution in [2.75, 3.05) is 6.54 Å². The summed E-state index contributed by atoms with van der Waals surface area (Å²) in [6.07, 6.45) is 1.43. The van der Waals surface area contributed by atoms with E-state index in [1.807, 2.05) is 12.1 Å². The fraction of sp³-hybridized carbons (Fsp3) is 0.538. The number of thiophene rings is 1. The number of carboxylic acid groups (broad SMARTS) is 1. The summed E-state index contributed by atoms with van der Waals surface area (Å²) in [7, 11) is 0. The topological polar surface area (TPSA) is 78.4 Å². The van der Waals surface area contributed by atoms with Crippen molar-refractivity contribution in [3.05, 3.63) is 20.8 Å². The molecule has 0 aliphatic rings. The Balaban J connectivity index is 2.44. The first-order valence-corrected chi connectivity index (χ1v) is 8.08. The van der Waals surface area contributed by atoms with Crippen molar-refractivity contribution >= 4 is 39.3 Å². The molecule has 1 aromatic heterocycles. The molecule has 0 atom stereocenters. The number of hydrogen-bond acceptors (Lipinski definition) is 3. The van der Waals surface area contributed by atoms with Gasteiger partial charge >= 0.3 is 12.0 Å². The van der Waals surface area contributed by atoms with Gasteiger partial charge in [-0.2, -0.15) is 0 Å². The highest BCUT2D eigenvalue weighted by molar-refractivity contribution is 9.11. The third-order valence-electron chi connectivity index (χ3n) is 3.26. The van der Waals surface area contributed by atoms with Gasteiger partial charge in [-0.05, 0) is 47.3 Å². The van der Waals surface area contributed by atoms with E-state index in [9.17, 15) is 14.7 Å². The van der Waals surface area contributed by atoms with Crippen molar-refractivity contribution in [1.82, 2.24) is 10.6 Å². The minimum atomic E-state index is -1.18. The van der Waals surface area contributed by atoms with E-state index in [4.69, 9.17) is 0 Å². The van der Waals surface area contributed by atoms with Crippen molar-refractivity contribution in [3.63, 3.8) is 0 Å². The molecule has 0 spiro atoms. The maximum absolute atomic E-state index is 11.8. The van der Waals surface area contributed by atoms with Crippen LogP contribution < -0.4 is 10.6 Å². The zero-order valence-electron chi connectivity index (χ0n) is 11.5. The van der Waals surface area contributed by atoms with Crippen LogP contribution in [0.5, 0.6) is 0 Å². The summed E-state index contributed by atoms with van der Waals surface area (Å²) in [5.74, 6) is -1.00. The average molecular weight is 363 g/mol. The quantitative estimate of drug-likeness (QED) is 0.697. The maximum Gasteiger partial charge on any atom is 0.329 e. The lowest BCUT2D eigenvalue weighted by atomic mass is 9.93. The van der Waals surface area contributed by atoms with Crippen LogP contribution in [0.3, 0.4) is 0 Å². The van der Waals surface area contributed by atoms with Crippen LogP contribution in [-0.4, -0.2) is 29.2 Å². The molecule has 1 rings (SSSR count). The Hall–Kier alpha value is -1.08. The van der Waals surface area contributed by atoms with Crippen molar-refractivity contribution in [2.24, 2.45) is 0 Å². The Bertz CT molecular complexity index is 472. The normalized spacial score (nSPS) is 11.2. The van der Waals surface area contributed by atoms with Crippen LogP contribution in [0.25, 0.3) is 0 Å². The second-order valence-electron chi connectivity index (χ2n) is 4.43. The lowest BCUT2D eigenvalue weighted by molar-refractivity contribution is -0.144. The van der Waals surface area contributed by atoms with Gasteiger partial charge in [0.1, 0.15) is 5.54 Å². The molecule has 2 amide bonds. The first kappa shape index (κ1) is 17.0. The van der Waals surface area contributed by atoms with Gasteiger partial charge in [0.15, 0.2) is 0 Å². The number of carbonyl (C=O) groups is 2. The minimum absolute atomic E-state index is 0.351. The van der Waals surface area contributed by atoms with E-state index in [0.717, 1.165) is 15.1 Å². The van der Waals surface area contributed by atoms with Crippen LogP contribution in [0.2, 0.25) is 0 Å². The van der Waals surface area contributed by atoms with E-state index in [1.165, 1.54) is 0 Å². The summed E-state index contributed by atoms with van der Waals surface area (Å²) < 4.78 is 1.05.